The number of aliphatic hydroxyl groups excluding tert-OH is 4. The van der Waals surface area contributed by atoms with Gasteiger partial charge in [0.25, 0.3) is 0 Å². The van der Waals surface area contributed by atoms with Crippen molar-refractivity contribution >= 4 is 19.8 Å². The molecule has 2 unspecified atom stereocenters. The molecule has 0 aliphatic heterocycles. The number of carbonyl (C=O) groups excluding carboxylic acids is 2. The fraction of sp³-hybridized carbons (Fsp3) is 0.804. The molecule has 0 heterocycles. The zero-order valence-electron chi connectivity index (χ0n) is 40.4. The average Bonchev–Trinajstić information content (AvgIpc) is 3.27. The molecule has 0 saturated heterocycles. The van der Waals surface area contributed by atoms with Crippen LogP contribution in [0.25, 0.3) is 0 Å². The van der Waals surface area contributed by atoms with Gasteiger partial charge in [-0.2, -0.15) is 0 Å². The molecule has 0 bridgehead atoms. The van der Waals surface area contributed by atoms with Gasteiger partial charge in [-0.1, -0.05) is 204 Å². The number of allylic oxidation sites excluding steroid dienone is 5. The first kappa shape index (κ1) is 61.9. The molecule has 0 aromatic carbocycles. The first-order valence-electron chi connectivity index (χ1n) is 25.2. The molecule has 12 nitrogen and oxygen atoms in total. The standard InChI is InChI=1S/C51H93O12P/c1-4-6-7-8-24-29-35-46(53)36-30-26-27-31-37-47(54)38-33-40-51(57)63-49(44-62-64(58,59)61-42-48(55)41-52)43-60-50(56)39-32-25-22-20-18-16-14-12-10-9-11-13-15-17-19-21-23-28-34-45(3)5-2/h24,26-27,29-31,36-37,45-49,52-55H,4-23,25,28,32-35,38-44H2,1-3H3,(H,58,59)/b27-26+,29-24-,36-30+,37-31-/t45?,46-,47-,48-,49+/m0/s1. The van der Waals surface area contributed by atoms with E-state index in [9.17, 15) is 34.4 Å². The molecule has 0 aromatic rings. The van der Waals surface area contributed by atoms with E-state index >= 15 is 0 Å². The summed E-state index contributed by atoms with van der Waals surface area (Å²) < 4.78 is 32.6. The van der Waals surface area contributed by atoms with Gasteiger partial charge in [0.1, 0.15) is 12.7 Å². The second-order valence-electron chi connectivity index (χ2n) is 17.5. The molecule has 374 valence electrons. The Kier molecular flexibility index (Phi) is 43.2. The third-order valence-electron chi connectivity index (χ3n) is 11.2. The van der Waals surface area contributed by atoms with Crippen LogP contribution in [0.4, 0.5) is 0 Å². The molecule has 0 aliphatic carbocycles. The number of phosphoric ester groups is 1. The van der Waals surface area contributed by atoms with Gasteiger partial charge in [0, 0.05) is 12.8 Å². The molecule has 0 aliphatic rings. The van der Waals surface area contributed by atoms with Crippen molar-refractivity contribution in [2.45, 2.75) is 231 Å². The fourth-order valence-corrected chi connectivity index (χ4v) is 7.66. The SMILES string of the molecule is CCCCC/C=C\C[C@H](O)/C=C/C=C/C=C\[C@H](O)CCCC(=O)O[C@H](COC(=O)CCCCCCCCCCCCCCCCCCCCC(C)CC)COP(=O)(O)OC[C@@H](O)CO. The summed E-state index contributed by atoms with van der Waals surface area (Å²) in [6.07, 6.45) is 41.3. The van der Waals surface area contributed by atoms with Crippen molar-refractivity contribution in [2.24, 2.45) is 5.92 Å². The molecule has 0 radical (unpaired) electrons. The summed E-state index contributed by atoms with van der Waals surface area (Å²) >= 11 is 0. The van der Waals surface area contributed by atoms with Gasteiger partial charge in [-0.15, -0.1) is 0 Å². The summed E-state index contributed by atoms with van der Waals surface area (Å²) in [4.78, 5) is 35.2. The molecule has 6 atom stereocenters. The van der Waals surface area contributed by atoms with Crippen LogP contribution in [0.3, 0.4) is 0 Å². The molecule has 64 heavy (non-hydrogen) atoms. The van der Waals surface area contributed by atoms with Crippen molar-refractivity contribution in [3.63, 3.8) is 0 Å². The maximum Gasteiger partial charge on any atom is 0.472 e. The van der Waals surface area contributed by atoms with Crippen LogP contribution < -0.4 is 0 Å². The second-order valence-corrected chi connectivity index (χ2v) is 18.9. The maximum atomic E-state index is 12.7. The lowest BCUT2D eigenvalue weighted by molar-refractivity contribution is -0.161. The number of hydrogen-bond donors (Lipinski definition) is 5. The highest BCUT2D eigenvalue weighted by Gasteiger charge is 2.27. The van der Waals surface area contributed by atoms with Crippen molar-refractivity contribution in [3.05, 3.63) is 48.6 Å². The summed E-state index contributed by atoms with van der Waals surface area (Å²) in [5.74, 6) is -0.275. The Morgan fingerprint density at radius 1 is 0.578 bits per heavy atom. The summed E-state index contributed by atoms with van der Waals surface area (Å²) in [7, 11) is -4.69. The minimum absolute atomic E-state index is 0.0755. The van der Waals surface area contributed by atoms with Crippen LogP contribution >= 0.6 is 7.82 Å². The minimum Gasteiger partial charge on any atom is -0.462 e. The molecule has 0 amide bonds. The quantitative estimate of drug-likeness (QED) is 0.0128. The average molecular weight is 929 g/mol. The molecular formula is C51H93O12P. The molecule has 13 heteroatoms. The fourth-order valence-electron chi connectivity index (χ4n) is 6.87. The molecule has 0 aromatic heterocycles. The molecule has 0 spiro atoms. The van der Waals surface area contributed by atoms with E-state index in [4.69, 9.17) is 19.1 Å². The van der Waals surface area contributed by atoms with Gasteiger partial charge in [-0.3, -0.25) is 18.6 Å². The van der Waals surface area contributed by atoms with Crippen molar-refractivity contribution < 1.29 is 58.0 Å². The largest absolute Gasteiger partial charge is 0.472 e. The van der Waals surface area contributed by atoms with Gasteiger partial charge in [0.2, 0.25) is 0 Å². The van der Waals surface area contributed by atoms with Crippen molar-refractivity contribution in [3.8, 4) is 0 Å². The van der Waals surface area contributed by atoms with Crippen molar-refractivity contribution in [1.82, 2.24) is 0 Å². The lowest BCUT2D eigenvalue weighted by atomic mass is 9.99. The highest BCUT2D eigenvalue weighted by Crippen LogP contribution is 2.43. The van der Waals surface area contributed by atoms with Gasteiger partial charge in [-0.05, 0) is 44.4 Å². The number of phosphoric acid groups is 1. The highest BCUT2D eigenvalue weighted by molar-refractivity contribution is 7.47. The van der Waals surface area contributed by atoms with Gasteiger partial charge < -0.3 is 34.8 Å². The van der Waals surface area contributed by atoms with E-state index in [0.717, 1.165) is 38.0 Å². The number of hydrogen-bond acceptors (Lipinski definition) is 11. The number of ether oxygens (including phenoxy) is 2. The highest BCUT2D eigenvalue weighted by atomic mass is 31.2. The lowest BCUT2D eigenvalue weighted by Gasteiger charge is -2.20. The van der Waals surface area contributed by atoms with Crippen LogP contribution in [0, 0.1) is 5.92 Å². The maximum absolute atomic E-state index is 12.7. The topological polar surface area (TPSA) is 189 Å². The predicted molar refractivity (Wildman–Crippen MR) is 259 cm³/mol. The second kappa shape index (κ2) is 44.7. The van der Waals surface area contributed by atoms with Gasteiger partial charge in [-0.25, -0.2) is 4.57 Å². The summed E-state index contributed by atoms with van der Waals surface area (Å²) in [6, 6.07) is 0. The Balaban J connectivity index is 4.38. The normalized spacial score (nSPS) is 15.6. The van der Waals surface area contributed by atoms with Crippen molar-refractivity contribution in [2.75, 3.05) is 26.4 Å². The number of rotatable bonds is 46. The van der Waals surface area contributed by atoms with E-state index in [2.05, 4.69) is 31.4 Å². The molecule has 0 rings (SSSR count). The monoisotopic (exact) mass is 929 g/mol. The Bertz CT molecular complexity index is 1250. The Hall–Kier alpha value is -2.15. The number of aliphatic hydroxyl groups is 4. The summed E-state index contributed by atoms with van der Waals surface area (Å²) in [5, 5.41) is 38.7. The predicted octanol–water partition coefficient (Wildman–Crippen LogP) is 11.9. The van der Waals surface area contributed by atoms with Crippen LogP contribution in [-0.4, -0.2) is 88.1 Å². The van der Waals surface area contributed by atoms with Crippen LogP contribution in [0.1, 0.15) is 207 Å². The third-order valence-corrected chi connectivity index (χ3v) is 12.2. The molecule has 0 fully saturated rings. The Morgan fingerprint density at radius 2 is 1.09 bits per heavy atom. The first-order chi connectivity index (χ1) is 30.9. The summed E-state index contributed by atoms with van der Waals surface area (Å²) in [6.45, 7) is 4.44. The van der Waals surface area contributed by atoms with E-state index in [1.165, 1.54) is 116 Å². The van der Waals surface area contributed by atoms with Gasteiger partial charge >= 0.3 is 19.8 Å². The number of carbonyl (C=O) groups is 2. The first-order valence-corrected chi connectivity index (χ1v) is 26.7. The van der Waals surface area contributed by atoms with Gasteiger partial charge in [0.15, 0.2) is 6.10 Å². The molecular weight excluding hydrogens is 836 g/mol. The Morgan fingerprint density at radius 3 is 1.64 bits per heavy atom. The third kappa shape index (κ3) is 43.7. The van der Waals surface area contributed by atoms with Crippen LogP contribution in [0.15, 0.2) is 48.6 Å². The van der Waals surface area contributed by atoms with E-state index in [1.54, 1.807) is 36.5 Å². The number of unbranched alkanes of at least 4 members (excludes halogenated alkanes) is 20. The lowest BCUT2D eigenvalue weighted by Crippen LogP contribution is -2.30. The molecule has 5 N–H and O–H groups in total. The zero-order valence-corrected chi connectivity index (χ0v) is 41.3. The molecule has 0 saturated carbocycles. The van der Waals surface area contributed by atoms with E-state index < -0.39 is 70.6 Å². The van der Waals surface area contributed by atoms with E-state index in [-0.39, 0.29) is 25.7 Å². The van der Waals surface area contributed by atoms with Crippen LogP contribution in [-0.2, 0) is 32.7 Å². The minimum atomic E-state index is -4.69. The summed E-state index contributed by atoms with van der Waals surface area (Å²) in [5.41, 5.74) is 0. The van der Waals surface area contributed by atoms with Crippen LogP contribution in [0.5, 0.6) is 0 Å². The van der Waals surface area contributed by atoms with E-state index in [0.29, 0.717) is 12.8 Å². The van der Waals surface area contributed by atoms with Crippen LogP contribution in [0.2, 0.25) is 0 Å². The van der Waals surface area contributed by atoms with Gasteiger partial charge in [0.05, 0.1) is 32.0 Å². The smallest absolute Gasteiger partial charge is 0.462 e. The Labute approximate surface area is 389 Å². The van der Waals surface area contributed by atoms with Crippen molar-refractivity contribution in [1.29, 1.82) is 0 Å². The zero-order chi connectivity index (χ0) is 47.4. The van der Waals surface area contributed by atoms with E-state index in [1.807, 2.05) is 6.08 Å². The number of esters is 2.